The van der Waals surface area contributed by atoms with Crippen LogP contribution in [0.4, 0.5) is 0 Å². The number of nitrogens with zero attached hydrogens (tertiary/aromatic N) is 1. The van der Waals surface area contributed by atoms with Gasteiger partial charge in [0.25, 0.3) is 0 Å². The number of rotatable bonds is 9. The SMILES string of the molecule is Cc1ccc(S(=O)(=O)NC(C)(Cc2c[nH]c3ccccc23)C(=O)NC(c2ccccn2)C2CCCCC2)cc1Cl. The fourth-order valence-corrected chi connectivity index (χ4v) is 7.32. The maximum absolute atomic E-state index is 14.3. The third-order valence-electron chi connectivity index (χ3n) is 7.95. The molecule has 2 aromatic carbocycles. The normalized spacial score (nSPS) is 16.9. The maximum atomic E-state index is 14.3. The number of aromatic amines is 1. The Bertz CT molecular complexity index is 1600. The van der Waals surface area contributed by atoms with Crippen molar-refractivity contribution in [3.05, 3.63) is 94.9 Å². The molecule has 1 saturated carbocycles. The van der Waals surface area contributed by atoms with Gasteiger partial charge in [-0.05, 0) is 74.1 Å². The summed E-state index contributed by atoms with van der Waals surface area (Å²) in [5, 5.41) is 4.52. The zero-order valence-corrected chi connectivity index (χ0v) is 24.4. The number of fused-ring (bicyclic) bond motifs is 1. The Labute approximate surface area is 240 Å². The van der Waals surface area contributed by atoms with Gasteiger partial charge in [0.15, 0.2) is 0 Å². The van der Waals surface area contributed by atoms with Crippen molar-refractivity contribution in [2.75, 3.05) is 0 Å². The van der Waals surface area contributed by atoms with Crippen molar-refractivity contribution in [3.63, 3.8) is 0 Å². The van der Waals surface area contributed by atoms with E-state index in [4.69, 9.17) is 11.6 Å². The second kappa shape index (κ2) is 11.7. The first-order chi connectivity index (χ1) is 19.2. The summed E-state index contributed by atoms with van der Waals surface area (Å²) in [4.78, 5) is 22.1. The summed E-state index contributed by atoms with van der Waals surface area (Å²) in [5.41, 5.74) is 1.80. The van der Waals surface area contributed by atoms with Crippen LogP contribution in [-0.4, -0.2) is 29.8 Å². The van der Waals surface area contributed by atoms with E-state index >= 15 is 0 Å². The van der Waals surface area contributed by atoms with Gasteiger partial charge < -0.3 is 10.3 Å². The van der Waals surface area contributed by atoms with Gasteiger partial charge in [-0.2, -0.15) is 4.72 Å². The lowest BCUT2D eigenvalue weighted by Gasteiger charge is -2.35. The average Bonchev–Trinajstić information content (AvgIpc) is 3.36. The zero-order valence-electron chi connectivity index (χ0n) is 22.8. The fraction of sp³-hybridized carbons (Fsp3) is 0.355. The molecule has 0 aliphatic heterocycles. The van der Waals surface area contributed by atoms with Gasteiger partial charge in [0.05, 0.1) is 16.6 Å². The molecule has 210 valence electrons. The number of para-hydroxylation sites is 1. The molecule has 0 spiro atoms. The largest absolute Gasteiger partial charge is 0.361 e. The average molecular weight is 579 g/mol. The molecule has 40 heavy (non-hydrogen) atoms. The summed E-state index contributed by atoms with van der Waals surface area (Å²) < 4.78 is 30.2. The van der Waals surface area contributed by atoms with Crippen LogP contribution in [0.25, 0.3) is 10.9 Å². The molecule has 7 nitrogen and oxygen atoms in total. The highest BCUT2D eigenvalue weighted by Gasteiger charge is 2.41. The number of aromatic nitrogens is 2. The summed E-state index contributed by atoms with van der Waals surface area (Å²) >= 11 is 6.27. The minimum atomic E-state index is -4.11. The van der Waals surface area contributed by atoms with Crippen molar-refractivity contribution in [2.24, 2.45) is 5.92 Å². The van der Waals surface area contributed by atoms with Crippen LogP contribution < -0.4 is 10.0 Å². The third-order valence-corrected chi connectivity index (χ3v) is 9.95. The van der Waals surface area contributed by atoms with Gasteiger partial charge in [-0.3, -0.25) is 9.78 Å². The number of nitrogens with one attached hydrogen (secondary N) is 3. The van der Waals surface area contributed by atoms with Crippen molar-refractivity contribution in [2.45, 2.75) is 68.8 Å². The van der Waals surface area contributed by atoms with Gasteiger partial charge in [-0.1, -0.05) is 61.2 Å². The number of hydrogen-bond donors (Lipinski definition) is 3. The Kier molecular flexibility index (Phi) is 8.31. The number of carbonyl (C=O) groups is 1. The van der Waals surface area contributed by atoms with E-state index in [0.717, 1.165) is 53.4 Å². The first-order valence-electron chi connectivity index (χ1n) is 13.7. The number of benzene rings is 2. The summed E-state index contributed by atoms with van der Waals surface area (Å²) in [6, 6.07) is 17.7. The van der Waals surface area contributed by atoms with Gasteiger partial charge in [0.1, 0.15) is 5.54 Å². The highest BCUT2D eigenvalue weighted by atomic mass is 35.5. The van der Waals surface area contributed by atoms with E-state index in [9.17, 15) is 13.2 Å². The highest BCUT2D eigenvalue weighted by Crippen LogP contribution is 2.35. The summed E-state index contributed by atoms with van der Waals surface area (Å²) in [6.45, 7) is 3.46. The Morgan fingerprint density at radius 3 is 2.58 bits per heavy atom. The fourth-order valence-electron chi connectivity index (χ4n) is 5.68. The predicted molar refractivity (Wildman–Crippen MR) is 159 cm³/mol. The van der Waals surface area contributed by atoms with Crippen molar-refractivity contribution in [1.82, 2.24) is 20.0 Å². The van der Waals surface area contributed by atoms with Gasteiger partial charge >= 0.3 is 0 Å². The van der Waals surface area contributed by atoms with Crippen LogP contribution in [0, 0.1) is 12.8 Å². The van der Waals surface area contributed by atoms with E-state index in [2.05, 4.69) is 20.0 Å². The molecular weight excluding hydrogens is 544 g/mol. The molecule has 0 saturated heterocycles. The predicted octanol–water partition coefficient (Wildman–Crippen LogP) is 6.24. The smallest absolute Gasteiger partial charge is 0.241 e. The first-order valence-corrected chi connectivity index (χ1v) is 15.6. The molecule has 2 heterocycles. The number of sulfonamides is 1. The molecule has 9 heteroatoms. The summed E-state index contributed by atoms with van der Waals surface area (Å²) in [6.07, 6.45) is 9.03. The molecule has 1 fully saturated rings. The molecule has 1 amide bonds. The number of carbonyl (C=O) groups excluding carboxylic acids is 1. The molecule has 3 N–H and O–H groups in total. The standard InChI is InChI=1S/C31H35ClN4O3S/c1-21-15-16-24(18-26(21)32)40(38,39)36-31(2,19-23-20-34-27-13-7-6-12-25(23)27)30(37)35-29(22-10-4-3-5-11-22)28-14-8-9-17-33-28/h6-9,12-18,20,22,29,34,36H,3-5,10-11,19H2,1-2H3,(H,35,37). The summed E-state index contributed by atoms with van der Waals surface area (Å²) in [5.74, 6) is -0.182. The van der Waals surface area contributed by atoms with Gasteiger partial charge in [-0.25, -0.2) is 8.42 Å². The van der Waals surface area contributed by atoms with Crippen LogP contribution in [0.2, 0.25) is 5.02 Å². The zero-order chi connectivity index (χ0) is 28.3. The molecule has 2 atom stereocenters. The molecule has 2 aromatic heterocycles. The van der Waals surface area contributed by atoms with Gasteiger partial charge in [0.2, 0.25) is 15.9 Å². The second-order valence-corrected chi connectivity index (χ2v) is 13.1. The lowest BCUT2D eigenvalue weighted by molar-refractivity contribution is -0.127. The van der Waals surface area contributed by atoms with Gasteiger partial charge in [-0.15, -0.1) is 0 Å². The Balaban J connectivity index is 1.52. The number of aryl methyl sites for hydroxylation is 1. The molecule has 0 radical (unpaired) electrons. The van der Waals surface area contributed by atoms with Crippen LogP contribution in [0.1, 0.15) is 61.9 Å². The monoisotopic (exact) mass is 578 g/mol. The van der Waals surface area contributed by atoms with Crippen LogP contribution in [-0.2, 0) is 21.2 Å². The maximum Gasteiger partial charge on any atom is 0.241 e. The van der Waals surface area contributed by atoms with Crippen LogP contribution in [0.15, 0.2) is 78.0 Å². The van der Waals surface area contributed by atoms with Crippen molar-refractivity contribution in [1.29, 1.82) is 0 Å². The van der Waals surface area contributed by atoms with E-state index < -0.39 is 21.5 Å². The van der Waals surface area contributed by atoms with E-state index in [0.29, 0.717) is 5.02 Å². The van der Waals surface area contributed by atoms with E-state index in [1.54, 1.807) is 19.2 Å². The molecule has 0 bridgehead atoms. The number of pyridine rings is 1. The number of halogens is 1. The van der Waals surface area contributed by atoms with Crippen molar-refractivity contribution < 1.29 is 13.2 Å². The van der Waals surface area contributed by atoms with Crippen LogP contribution in [0.3, 0.4) is 0 Å². The lowest BCUT2D eigenvalue weighted by atomic mass is 9.82. The number of hydrogen-bond acceptors (Lipinski definition) is 4. The Morgan fingerprint density at radius 2 is 1.85 bits per heavy atom. The molecule has 1 aliphatic rings. The topological polar surface area (TPSA) is 104 Å². The minimum absolute atomic E-state index is 0.00890. The minimum Gasteiger partial charge on any atom is -0.361 e. The molecular formula is C31H35ClN4O3S. The van der Waals surface area contributed by atoms with Crippen LogP contribution >= 0.6 is 11.6 Å². The lowest BCUT2D eigenvalue weighted by Crippen LogP contribution is -2.59. The Hall–Kier alpha value is -3.20. The van der Waals surface area contributed by atoms with Crippen LogP contribution in [0.5, 0.6) is 0 Å². The Morgan fingerprint density at radius 1 is 1.10 bits per heavy atom. The van der Waals surface area contributed by atoms with E-state index in [-0.39, 0.29) is 23.3 Å². The van der Waals surface area contributed by atoms with E-state index in [1.807, 2.05) is 55.6 Å². The number of H-pyrrole nitrogens is 1. The summed E-state index contributed by atoms with van der Waals surface area (Å²) in [7, 11) is -4.11. The highest BCUT2D eigenvalue weighted by molar-refractivity contribution is 7.89. The van der Waals surface area contributed by atoms with Crippen molar-refractivity contribution in [3.8, 4) is 0 Å². The van der Waals surface area contributed by atoms with E-state index in [1.165, 1.54) is 18.6 Å². The molecule has 1 aliphatic carbocycles. The molecule has 2 unspecified atom stereocenters. The molecule has 4 aromatic rings. The number of amides is 1. The third kappa shape index (κ3) is 6.09. The first kappa shape index (κ1) is 28.3. The van der Waals surface area contributed by atoms with Crippen molar-refractivity contribution >= 4 is 38.4 Å². The second-order valence-electron chi connectivity index (χ2n) is 11.0. The van der Waals surface area contributed by atoms with Gasteiger partial charge in [0, 0.05) is 34.7 Å². The molecule has 5 rings (SSSR count). The quantitative estimate of drug-likeness (QED) is 0.219.